The van der Waals surface area contributed by atoms with Crippen molar-refractivity contribution in [2.75, 3.05) is 6.26 Å². The molecule has 0 radical (unpaired) electrons. The predicted octanol–water partition coefficient (Wildman–Crippen LogP) is 4.86. The Balaban J connectivity index is 1.78. The number of nitrogens with zero attached hydrogens (tertiary/aromatic N) is 3. The van der Waals surface area contributed by atoms with Crippen LogP contribution in [0.2, 0.25) is 5.02 Å². The van der Waals surface area contributed by atoms with Gasteiger partial charge in [-0.1, -0.05) is 41.9 Å². The van der Waals surface area contributed by atoms with Crippen molar-refractivity contribution < 1.29 is 13.2 Å². The number of ketones is 1. The topological polar surface area (TPSA) is 81.9 Å². The van der Waals surface area contributed by atoms with Crippen molar-refractivity contribution in [2.45, 2.75) is 11.8 Å². The number of aromatic nitrogens is 3. The van der Waals surface area contributed by atoms with Crippen LogP contribution in [-0.2, 0) is 9.84 Å². The van der Waals surface area contributed by atoms with E-state index in [1.807, 2.05) is 24.3 Å². The van der Waals surface area contributed by atoms with E-state index in [2.05, 4.69) is 10.1 Å². The van der Waals surface area contributed by atoms with Gasteiger partial charge in [0.25, 0.3) is 0 Å². The second kappa shape index (κ2) is 8.09. The van der Waals surface area contributed by atoms with E-state index in [-0.39, 0.29) is 10.7 Å². The van der Waals surface area contributed by atoms with Crippen LogP contribution in [0.4, 0.5) is 0 Å². The number of carbonyl (C=O) groups excluding carboxylic acids is 1. The molecular formula is C23H18ClN3O3S. The van der Waals surface area contributed by atoms with Gasteiger partial charge in [0.05, 0.1) is 28.2 Å². The molecule has 6 nitrogen and oxygen atoms in total. The highest BCUT2D eigenvalue weighted by Gasteiger charge is 2.17. The van der Waals surface area contributed by atoms with Crippen molar-refractivity contribution in [2.24, 2.45) is 0 Å². The van der Waals surface area contributed by atoms with Gasteiger partial charge in [-0.2, -0.15) is 5.10 Å². The summed E-state index contributed by atoms with van der Waals surface area (Å²) < 4.78 is 25.3. The number of rotatable bonds is 5. The number of benzene rings is 2. The minimum Gasteiger partial charge on any atom is -0.293 e. The standard InChI is InChI=1S/C23H18ClN3O3S/c1-15(28)22-13-23(19-8-3-4-9-20(19)24)27(26-22)17-10-11-21(25-14-17)16-6-5-7-18(12-16)31(2,29)30/h3-14H,1-2H3. The number of Topliss-reactive ketones (excluding diaryl/α,β-unsaturated/α-hetero) is 1. The van der Waals surface area contributed by atoms with Crippen LogP contribution in [0.3, 0.4) is 0 Å². The lowest BCUT2D eigenvalue weighted by atomic mass is 10.1. The van der Waals surface area contributed by atoms with Gasteiger partial charge < -0.3 is 0 Å². The quantitative estimate of drug-likeness (QED) is 0.404. The second-order valence-electron chi connectivity index (χ2n) is 7.06. The number of pyridine rings is 1. The molecule has 0 aliphatic heterocycles. The van der Waals surface area contributed by atoms with Gasteiger partial charge in [0, 0.05) is 29.3 Å². The van der Waals surface area contributed by atoms with Crippen molar-refractivity contribution >= 4 is 27.2 Å². The summed E-state index contributed by atoms with van der Waals surface area (Å²) in [4.78, 5) is 16.7. The minimum absolute atomic E-state index is 0.158. The molecule has 4 aromatic rings. The molecule has 2 aromatic heterocycles. The monoisotopic (exact) mass is 451 g/mol. The zero-order valence-corrected chi connectivity index (χ0v) is 18.4. The van der Waals surface area contributed by atoms with Crippen LogP contribution in [0.25, 0.3) is 28.2 Å². The van der Waals surface area contributed by atoms with Crippen LogP contribution < -0.4 is 0 Å². The first-order chi connectivity index (χ1) is 14.7. The van der Waals surface area contributed by atoms with Gasteiger partial charge in [-0.3, -0.25) is 9.78 Å². The maximum absolute atomic E-state index is 11.9. The lowest BCUT2D eigenvalue weighted by Crippen LogP contribution is -2.02. The molecule has 0 fully saturated rings. The van der Waals surface area contributed by atoms with Gasteiger partial charge in [0.1, 0.15) is 5.69 Å². The normalized spacial score (nSPS) is 11.5. The number of hydrogen-bond acceptors (Lipinski definition) is 5. The number of sulfone groups is 1. The Kier molecular flexibility index (Phi) is 5.47. The zero-order chi connectivity index (χ0) is 22.2. The Labute approximate surface area is 185 Å². The van der Waals surface area contributed by atoms with Gasteiger partial charge in [-0.15, -0.1) is 0 Å². The molecule has 8 heteroatoms. The van der Waals surface area contributed by atoms with E-state index < -0.39 is 9.84 Å². The van der Waals surface area contributed by atoms with Crippen molar-refractivity contribution in [3.63, 3.8) is 0 Å². The third-order valence-electron chi connectivity index (χ3n) is 4.77. The fourth-order valence-electron chi connectivity index (χ4n) is 3.18. The van der Waals surface area contributed by atoms with Gasteiger partial charge in [0.2, 0.25) is 0 Å². The molecule has 0 aliphatic carbocycles. The molecular weight excluding hydrogens is 434 g/mol. The average molecular weight is 452 g/mol. The summed E-state index contributed by atoms with van der Waals surface area (Å²) in [7, 11) is -3.32. The van der Waals surface area contributed by atoms with Crippen LogP contribution in [0.1, 0.15) is 17.4 Å². The van der Waals surface area contributed by atoms with E-state index in [0.29, 0.717) is 33.4 Å². The third kappa shape index (κ3) is 4.28. The first-order valence-corrected chi connectivity index (χ1v) is 11.6. The maximum atomic E-state index is 11.9. The van der Waals surface area contributed by atoms with Gasteiger partial charge in [-0.25, -0.2) is 13.1 Å². The van der Waals surface area contributed by atoms with Gasteiger partial charge in [-0.05, 0) is 36.4 Å². The fraction of sp³-hybridized carbons (Fsp3) is 0.0870. The number of carbonyl (C=O) groups is 1. The highest BCUT2D eigenvalue weighted by atomic mass is 35.5. The highest BCUT2D eigenvalue weighted by Crippen LogP contribution is 2.30. The smallest absolute Gasteiger partial charge is 0.180 e. The van der Waals surface area contributed by atoms with Gasteiger partial charge >= 0.3 is 0 Å². The van der Waals surface area contributed by atoms with E-state index in [1.165, 1.54) is 13.2 Å². The molecule has 0 N–H and O–H groups in total. The summed E-state index contributed by atoms with van der Waals surface area (Å²) in [5.41, 5.74) is 3.68. The van der Waals surface area contributed by atoms with Crippen LogP contribution in [-0.4, -0.2) is 35.2 Å². The Morgan fingerprint density at radius 1 is 1.00 bits per heavy atom. The Morgan fingerprint density at radius 2 is 1.77 bits per heavy atom. The minimum atomic E-state index is -3.32. The van der Waals surface area contributed by atoms with E-state index >= 15 is 0 Å². The molecule has 0 aliphatic rings. The third-order valence-corrected chi connectivity index (χ3v) is 6.21. The molecule has 0 unspecified atom stereocenters. The van der Waals surface area contributed by atoms with Crippen molar-refractivity contribution in [3.8, 4) is 28.2 Å². The average Bonchev–Trinajstić information content (AvgIpc) is 3.19. The largest absolute Gasteiger partial charge is 0.293 e. The van der Waals surface area contributed by atoms with Crippen LogP contribution in [0.15, 0.2) is 77.8 Å². The first kappa shape index (κ1) is 21.0. The molecule has 0 amide bonds. The number of halogens is 1. The van der Waals surface area contributed by atoms with Crippen LogP contribution in [0.5, 0.6) is 0 Å². The molecule has 0 bridgehead atoms. The maximum Gasteiger partial charge on any atom is 0.180 e. The Morgan fingerprint density at radius 3 is 2.42 bits per heavy atom. The first-order valence-electron chi connectivity index (χ1n) is 9.37. The summed E-state index contributed by atoms with van der Waals surface area (Å²) in [5, 5.41) is 4.98. The lowest BCUT2D eigenvalue weighted by Gasteiger charge is -2.10. The SMILES string of the molecule is CC(=O)c1cc(-c2ccccc2Cl)n(-c2ccc(-c3cccc(S(C)(=O)=O)c3)nc2)n1. The van der Waals surface area contributed by atoms with Gasteiger partial charge in [0.15, 0.2) is 15.6 Å². The molecule has 2 aromatic carbocycles. The van der Waals surface area contributed by atoms with E-state index in [1.54, 1.807) is 53.3 Å². The highest BCUT2D eigenvalue weighted by molar-refractivity contribution is 7.90. The summed E-state index contributed by atoms with van der Waals surface area (Å²) in [6.45, 7) is 1.46. The van der Waals surface area contributed by atoms with E-state index in [4.69, 9.17) is 11.6 Å². The summed E-state index contributed by atoms with van der Waals surface area (Å²) >= 11 is 6.37. The molecule has 0 atom stereocenters. The van der Waals surface area contributed by atoms with Crippen LogP contribution >= 0.6 is 11.6 Å². The molecule has 4 rings (SSSR count). The summed E-state index contributed by atoms with van der Waals surface area (Å²) in [5.74, 6) is -0.158. The molecule has 0 spiro atoms. The molecule has 0 saturated heterocycles. The second-order valence-corrected chi connectivity index (χ2v) is 9.49. The van der Waals surface area contributed by atoms with E-state index in [9.17, 15) is 13.2 Å². The predicted molar refractivity (Wildman–Crippen MR) is 120 cm³/mol. The number of hydrogen-bond donors (Lipinski definition) is 0. The van der Waals surface area contributed by atoms with E-state index in [0.717, 1.165) is 5.56 Å². The summed E-state index contributed by atoms with van der Waals surface area (Å²) in [6.07, 6.45) is 2.79. The molecule has 0 saturated carbocycles. The fourth-order valence-corrected chi connectivity index (χ4v) is 4.08. The molecule has 31 heavy (non-hydrogen) atoms. The Bertz CT molecular complexity index is 1390. The van der Waals surface area contributed by atoms with Crippen molar-refractivity contribution in [1.82, 2.24) is 14.8 Å². The van der Waals surface area contributed by atoms with Crippen molar-refractivity contribution in [3.05, 3.63) is 83.6 Å². The molecule has 156 valence electrons. The Hall–Kier alpha value is -3.29. The summed E-state index contributed by atoms with van der Waals surface area (Å²) in [6, 6.07) is 19.3. The molecule has 2 heterocycles. The lowest BCUT2D eigenvalue weighted by molar-refractivity contribution is 0.101. The van der Waals surface area contributed by atoms with Crippen LogP contribution in [0, 0.1) is 0 Å². The zero-order valence-electron chi connectivity index (χ0n) is 16.8. The van der Waals surface area contributed by atoms with Crippen molar-refractivity contribution in [1.29, 1.82) is 0 Å².